The molecule has 0 spiro atoms. The van der Waals surface area contributed by atoms with Gasteiger partial charge in [-0.15, -0.1) is 24.0 Å². The standard InChI is InChI=1S/C24H36N4O2.HI/c1-6-29-13-14-30-23-15-19(2)7-12-22(23)17-27-24(25-3)26-16-20-8-10-21(11-9-20)18-28(4)5;/h7-12,15H,6,13-14,16-18H2,1-5H3,(H2,25,26,27);1H. The zero-order valence-electron chi connectivity index (χ0n) is 19.4. The number of aryl methyl sites for hydroxylation is 1. The molecule has 0 amide bonds. The average molecular weight is 540 g/mol. The van der Waals surface area contributed by atoms with Crippen LogP contribution in [0.1, 0.15) is 29.2 Å². The predicted molar refractivity (Wildman–Crippen MR) is 139 cm³/mol. The minimum Gasteiger partial charge on any atom is -0.491 e. The largest absolute Gasteiger partial charge is 0.491 e. The van der Waals surface area contributed by atoms with Crippen LogP contribution in [0.2, 0.25) is 0 Å². The molecule has 7 heteroatoms. The van der Waals surface area contributed by atoms with Gasteiger partial charge in [0, 0.05) is 38.9 Å². The van der Waals surface area contributed by atoms with Crippen molar-refractivity contribution < 1.29 is 9.47 Å². The van der Waals surface area contributed by atoms with Crippen molar-refractivity contribution in [2.45, 2.75) is 33.5 Å². The van der Waals surface area contributed by atoms with Crippen LogP contribution in [0.4, 0.5) is 0 Å². The van der Waals surface area contributed by atoms with E-state index >= 15 is 0 Å². The van der Waals surface area contributed by atoms with E-state index in [-0.39, 0.29) is 24.0 Å². The van der Waals surface area contributed by atoms with Crippen molar-refractivity contribution in [3.05, 3.63) is 64.7 Å². The molecule has 0 aliphatic carbocycles. The molecule has 0 saturated carbocycles. The maximum atomic E-state index is 5.93. The summed E-state index contributed by atoms with van der Waals surface area (Å²) in [6, 6.07) is 14.9. The second kappa shape index (κ2) is 15.0. The summed E-state index contributed by atoms with van der Waals surface area (Å²) < 4.78 is 11.3. The zero-order valence-corrected chi connectivity index (χ0v) is 21.7. The number of benzene rings is 2. The number of rotatable bonds is 11. The number of halogens is 1. The highest BCUT2D eigenvalue weighted by molar-refractivity contribution is 14.0. The summed E-state index contributed by atoms with van der Waals surface area (Å²) in [5.41, 5.74) is 4.79. The van der Waals surface area contributed by atoms with Crippen LogP contribution in [0, 0.1) is 6.92 Å². The van der Waals surface area contributed by atoms with E-state index in [4.69, 9.17) is 9.47 Å². The highest BCUT2D eigenvalue weighted by Crippen LogP contribution is 2.20. The number of nitrogens with one attached hydrogen (secondary N) is 2. The normalized spacial score (nSPS) is 11.2. The van der Waals surface area contributed by atoms with E-state index < -0.39 is 0 Å². The van der Waals surface area contributed by atoms with Crippen LogP contribution in [0.3, 0.4) is 0 Å². The van der Waals surface area contributed by atoms with Gasteiger partial charge in [0.2, 0.25) is 0 Å². The minimum atomic E-state index is 0. The monoisotopic (exact) mass is 540 g/mol. The number of aliphatic imine (C=N–C) groups is 1. The molecule has 0 aliphatic rings. The Morgan fingerprint density at radius 1 is 0.968 bits per heavy atom. The second-order valence-corrected chi connectivity index (χ2v) is 7.49. The molecule has 0 atom stereocenters. The summed E-state index contributed by atoms with van der Waals surface area (Å²) in [6.45, 7) is 8.18. The van der Waals surface area contributed by atoms with Crippen molar-refractivity contribution in [2.75, 3.05) is 41.0 Å². The lowest BCUT2D eigenvalue weighted by Gasteiger charge is -2.16. The molecule has 0 bridgehead atoms. The molecular weight excluding hydrogens is 503 g/mol. The number of guanidine groups is 1. The van der Waals surface area contributed by atoms with Gasteiger partial charge in [-0.25, -0.2) is 0 Å². The Balaban J connectivity index is 0.00000480. The summed E-state index contributed by atoms with van der Waals surface area (Å²) in [5.74, 6) is 1.64. The lowest BCUT2D eigenvalue weighted by Crippen LogP contribution is -2.36. The fourth-order valence-electron chi connectivity index (χ4n) is 3.01. The molecule has 2 aromatic carbocycles. The Kier molecular flexibility index (Phi) is 13.2. The van der Waals surface area contributed by atoms with E-state index in [2.05, 4.69) is 84.0 Å². The van der Waals surface area contributed by atoms with Crippen molar-refractivity contribution in [3.63, 3.8) is 0 Å². The molecule has 0 radical (unpaired) electrons. The molecule has 2 rings (SSSR count). The van der Waals surface area contributed by atoms with Crippen molar-refractivity contribution in [3.8, 4) is 5.75 Å². The maximum absolute atomic E-state index is 5.93. The van der Waals surface area contributed by atoms with Gasteiger partial charge in [-0.3, -0.25) is 4.99 Å². The lowest BCUT2D eigenvalue weighted by molar-refractivity contribution is 0.110. The van der Waals surface area contributed by atoms with Crippen LogP contribution >= 0.6 is 24.0 Å². The van der Waals surface area contributed by atoms with E-state index in [1.165, 1.54) is 16.7 Å². The third kappa shape index (κ3) is 10.3. The first-order valence-corrected chi connectivity index (χ1v) is 10.5. The summed E-state index contributed by atoms with van der Waals surface area (Å²) in [4.78, 5) is 6.50. The molecule has 0 saturated heterocycles. The summed E-state index contributed by atoms with van der Waals surface area (Å²) in [7, 11) is 5.94. The fraction of sp³-hybridized carbons (Fsp3) is 0.458. The third-order valence-electron chi connectivity index (χ3n) is 4.56. The van der Waals surface area contributed by atoms with E-state index in [1.54, 1.807) is 7.05 Å². The van der Waals surface area contributed by atoms with E-state index in [0.29, 0.717) is 32.9 Å². The highest BCUT2D eigenvalue weighted by Gasteiger charge is 2.06. The third-order valence-corrected chi connectivity index (χ3v) is 4.56. The molecule has 172 valence electrons. The molecular formula is C24H37IN4O2. The molecule has 2 N–H and O–H groups in total. The number of ether oxygens (including phenoxy) is 2. The fourth-order valence-corrected chi connectivity index (χ4v) is 3.01. The Morgan fingerprint density at radius 2 is 1.65 bits per heavy atom. The van der Waals surface area contributed by atoms with Crippen LogP contribution < -0.4 is 15.4 Å². The van der Waals surface area contributed by atoms with Crippen LogP contribution in [-0.4, -0.2) is 51.8 Å². The summed E-state index contributed by atoms with van der Waals surface area (Å²) >= 11 is 0. The smallest absolute Gasteiger partial charge is 0.191 e. The second-order valence-electron chi connectivity index (χ2n) is 7.49. The van der Waals surface area contributed by atoms with Crippen molar-refractivity contribution in [1.29, 1.82) is 0 Å². The van der Waals surface area contributed by atoms with E-state index in [0.717, 1.165) is 23.8 Å². The van der Waals surface area contributed by atoms with Crippen molar-refractivity contribution >= 4 is 29.9 Å². The van der Waals surface area contributed by atoms with Crippen LogP contribution in [0.25, 0.3) is 0 Å². The Hall–Kier alpha value is -1.84. The highest BCUT2D eigenvalue weighted by atomic mass is 127. The van der Waals surface area contributed by atoms with Crippen molar-refractivity contribution in [2.24, 2.45) is 4.99 Å². The summed E-state index contributed by atoms with van der Waals surface area (Å²) in [6.07, 6.45) is 0. The van der Waals surface area contributed by atoms with E-state index in [1.807, 2.05) is 6.92 Å². The molecule has 0 fully saturated rings. The Morgan fingerprint density at radius 3 is 2.29 bits per heavy atom. The Labute approximate surface area is 204 Å². The van der Waals surface area contributed by atoms with Gasteiger partial charge in [-0.2, -0.15) is 0 Å². The molecule has 0 unspecified atom stereocenters. The lowest BCUT2D eigenvalue weighted by atomic mass is 10.1. The number of nitrogens with zero attached hydrogens (tertiary/aromatic N) is 2. The summed E-state index contributed by atoms with van der Waals surface area (Å²) in [5, 5.41) is 6.75. The molecule has 0 aliphatic heterocycles. The first-order valence-electron chi connectivity index (χ1n) is 10.5. The van der Waals surface area contributed by atoms with Gasteiger partial charge in [0.05, 0.1) is 6.61 Å². The molecule has 2 aromatic rings. The van der Waals surface area contributed by atoms with Gasteiger partial charge in [0.1, 0.15) is 12.4 Å². The molecule has 0 heterocycles. The zero-order chi connectivity index (χ0) is 21.8. The predicted octanol–water partition coefficient (Wildman–Crippen LogP) is 3.96. The number of hydrogen-bond donors (Lipinski definition) is 2. The van der Waals surface area contributed by atoms with Crippen LogP contribution in [0.5, 0.6) is 5.75 Å². The van der Waals surface area contributed by atoms with Crippen LogP contribution in [-0.2, 0) is 24.4 Å². The van der Waals surface area contributed by atoms with Gasteiger partial charge in [0.25, 0.3) is 0 Å². The quantitative estimate of drug-likeness (QED) is 0.196. The van der Waals surface area contributed by atoms with Gasteiger partial charge in [-0.05, 0) is 50.7 Å². The average Bonchev–Trinajstić information content (AvgIpc) is 2.73. The topological polar surface area (TPSA) is 58.1 Å². The maximum Gasteiger partial charge on any atom is 0.191 e. The molecule has 6 nitrogen and oxygen atoms in total. The molecule has 0 aromatic heterocycles. The first-order chi connectivity index (χ1) is 14.5. The van der Waals surface area contributed by atoms with Crippen molar-refractivity contribution in [1.82, 2.24) is 15.5 Å². The SMILES string of the molecule is CCOCCOc1cc(C)ccc1CNC(=NC)NCc1ccc(CN(C)C)cc1.I. The first kappa shape index (κ1) is 27.2. The van der Waals surface area contributed by atoms with Gasteiger partial charge < -0.3 is 25.0 Å². The van der Waals surface area contributed by atoms with Crippen LogP contribution in [0.15, 0.2) is 47.5 Å². The Bertz CT molecular complexity index is 795. The number of hydrogen-bond acceptors (Lipinski definition) is 4. The van der Waals surface area contributed by atoms with E-state index in [9.17, 15) is 0 Å². The molecule has 31 heavy (non-hydrogen) atoms. The minimum absolute atomic E-state index is 0. The van der Waals surface area contributed by atoms with Gasteiger partial charge in [0.15, 0.2) is 5.96 Å². The van der Waals surface area contributed by atoms with Gasteiger partial charge >= 0.3 is 0 Å². The van der Waals surface area contributed by atoms with Gasteiger partial charge in [-0.1, -0.05) is 36.4 Å².